The molecule has 5 heteroatoms. The van der Waals surface area contributed by atoms with Crippen LogP contribution >= 0.6 is 24.2 Å². The summed E-state index contributed by atoms with van der Waals surface area (Å²) in [5, 5.41) is 0. The molecule has 1 atom stereocenters. The number of hydrogen-bond donors (Lipinski definition) is 1. The van der Waals surface area contributed by atoms with Gasteiger partial charge in [0, 0.05) is 4.57 Å². The lowest BCUT2D eigenvalue weighted by Crippen LogP contribution is -1.65. The van der Waals surface area contributed by atoms with E-state index in [-0.39, 0.29) is 4.67 Å². The zero-order chi connectivity index (χ0) is 5.86. The van der Waals surface area contributed by atoms with Gasteiger partial charge in [0.15, 0.2) is 0 Å². The molecule has 0 aromatic heterocycles. The van der Waals surface area contributed by atoms with Gasteiger partial charge in [-0.15, -0.1) is 4.89 Å². The third kappa shape index (κ3) is 6.08. The molecule has 0 fully saturated rings. The SMILES string of the molecule is C=C(Br)O[P+](=O)O. The van der Waals surface area contributed by atoms with Crippen LogP contribution in [0.3, 0.4) is 0 Å². The molecule has 1 unspecified atom stereocenters. The first-order valence-electron chi connectivity index (χ1n) is 1.31. The summed E-state index contributed by atoms with van der Waals surface area (Å²) in [5.41, 5.74) is 0. The van der Waals surface area contributed by atoms with Gasteiger partial charge in [-0.25, -0.2) is 4.52 Å². The molecule has 0 saturated heterocycles. The van der Waals surface area contributed by atoms with Crippen LogP contribution in [0, 0.1) is 0 Å². The average Bonchev–Trinajstić information content (AvgIpc) is 1.27. The minimum atomic E-state index is -2.54. The summed E-state index contributed by atoms with van der Waals surface area (Å²) >= 11 is 2.71. The molecular weight excluding hydrogens is 183 g/mol. The second-order valence-corrected chi connectivity index (χ2v) is 2.23. The van der Waals surface area contributed by atoms with E-state index < -0.39 is 8.25 Å². The Hall–Kier alpha value is 0.0800. The molecule has 3 nitrogen and oxygen atoms in total. The third-order valence-electron chi connectivity index (χ3n) is 0.177. The third-order valence-corrected chi connectivity index (χ3v) is 0.966. The Balaban J connectivity index is 3.32. The lowest BCUT2D eigenvalue weighted by Gasteiger charge is -1.75. The first-order valence-corrected chi connectivity index (χ1v) is 3.24. The van der Waals surface area contributed by atoms with Gasteiger partial charge in [-0.2, -0.15) is 0 Å². The fraction of sp³-hybridized carbons (Fsp3) is 0. The van der Waals surface area contributed by atoms with Crippen LogP contribution in [-0.2, 0) is 9.09 Å². The number of rotatable bonds is 2. The Morgan fingerprint density at radius 2 is 2.43 bits per heavy atom. The lowest BCUT2D eigenvalue weighted by molar-refractivity contribution is 0.373. The summed E-state index contributed by atoms with van der Waals surface area (Å²) in [6.07, 6.45) is 0. The van der Waals surface area contributed by atoms with Crippen molar-refractivity contribution in [3.63, 3.8) is 0 Å². The van der Waals surface area contributed by atoms with Crippen molar-refractivity contribution in [1.82, 2.24) is 0 Å². The first kappa shape index (κ1) is 7.08. The van der Waals surface area contributed by atoms with E-state index in [4.69, 9.17) is 4.89 Å². The van der Waals surface area contributed by atoms with Crippen molar-refractivity contribution < 1.29 is 14.0 Å². The van der Waals surface area contributed by atoms with Crippen molar-refractivity contribution in [2.45, 2.75) is 0 Å². The number of hydrogen-bond acceptors (Lipinski definition) is 2. The van der Waals surface area contributed by atoms with E-state index in [0.29, 0.717) is 0 Å². The quantitative estimate of drug-likeness (QED) is 0.525. The van der Waals surface area contributed by atoms with E-state index in [2.05, 4.69) is 27.0 Å². The van der Waals surface area contributed by atoms with Crippen LogP contribution in [0.2, 0.25) is 0 Å². The molecule has 1 N–H and O–H groups in total. The van der Waals surface area contributed by atoms with Crippen LogP contribution in [0.15, 0.2) is 11.2 Å². The molecule has 0 saturated carbocycles. The van der Waals surface area contributed by atoms with Crippen LogP contribution < -0.4 is 0 Å². The smallest absolute Gasteiger partial charge is 0.222 e. The minimum Gasteiger partial charge on any atom is -0.222 e. The highest BCUT2D eigenvalue weighted by molar-refractivity contribution is 9.11. The van der Waals surface area contributed by atoms with Gasteiger partial charge in [0.25, 0.3) is 0 Å². The Labute approximate surface area is 50.1 Å². The van der Waals surface area contributed by atoms with Crippen molar-refractivity contribution in [1.29, 1.82) is 0 Å². The van der Waals surface area contributed by atoms with E-state index >= 15 is 0 Å². The molecule has 0 aliphatic carbocycles. The number of halogens is 1. The Bertz CT molecular complexity index is 89.1. The summed E-state index contributed by atoms with van der Waals surface area (Å²) in [5.74, 6) is 0. The van der Waals surface area contributed by atoms with Crippen LogP contribution in [0.4, 0.5) is 0 Å². The highest BCUT2D eigenvalue weighted by atomic mass is 79.9. The normalized spacial score (nSPS) is 10.3. The maximum absolute atomic E-state index is 9.64. The van der Waals surface area contributed by atoms with Crippen LogP contribution in [0.1, 0.15) is 0 Å². The largest absolute Gasteiger partial charge is 0.747 e. The molecule has 0 aliphatic heterocycles. The monoisotopic (exact) mass is 185 g/mol. The summed E-state index contributed by atoms with van der Waals surface area (Å²) in [6, 6.07) is 0. The predicted octanol–water partition coefficient (Wildman–Crippen LogP) is 1.52. The van der Waals surface area contributed by atoms with E-state index in [1.165, 1.54) is 0 Å². The standard InChI is InChI=1S/C2H2BrO3P/c1-2(3)6-7(4)5/h1H2/p+1. The van der Waals surface area contributed by atoms with Gasteiger partial charge in [-0.05, 0) is 22.5 Å². The Kier molecular flexibility index (Phi) is 3.17. The molecule has 0 aromatic rings. The van der Waals surface area contributed by atoms with Crippen LogP contribution in [0.25, 0.3) is 0 Å². The van der Waals surface area contributed by atoms with Crippen LogP contribution in [-0.4, -0.2) is 4.89 Å². The van der Waals surface area contributed by atoms with E-state index in [0.717, 1.165) is 0 Å². The van der Waals surface area contributed by atoms with Crippen molar-refractivity contribution >= 4 is 24.2 Å². The van der Waals surface area contributed by atoms with Crippen molar-refractivity contribution in [2.24, 2.45) is 0 Å². The van der Waals surface area contributed by atoms with Crippen molar-refractivity contribution in [3.8, 4) is 0 Å². The average molecular weight is 186 g/mol. The van der Waals surface area contributed by atoms with Gasteiger partial charge in [0.1, 0.15) is 0 Å². The minimum absolute atomic E-state index is 0.0658. The summed E-state index contributed by atoms with van der Waals surface area (Å²) in [7, 11) is -2.54. The highest BCUT2D eigenvalue weighted by Gasteiger charge is 2.11. The maximum atomic E-state index is 9.64. The topological polar surface area (TPSA) is 46.5 Å². The van der Waals surface area contributed by atoms with Gasteiger partial charge in [0.2, 0.25) is 4.67 Å². The van der Waals surface area contributed by atoms with E-state index in [1.54, 1.807) is 0 Å². The van der Waals surface area contributed by atoms with Gasteiger partial charge < -0.3 is 0 Å². The van der Waals surface area contributed by atoms with Crippen molar-refractivity contribution in [3.05, 3.63) is 11.2 Å². The molecule has 0 rings (SSSR count). The van der Waals surface area contributed by atoms with Crippen LogP contribution in [0.5, 0.6) is 0 Å². The molecule has 0 spiro atoms. The summed E-state index contributed by atoms with van der Waals surface area (Å²) in [4.78, 5) is 7.92. The molecule has 0 heterocycles. The Morgan fingerprint density at radius 1 is 2.00 bits per heavy atom. The molecule has 0 amide bonds. The molecular formula is C2H3BrO3P+. The first-order chi connectivity index (χ1) is 3.13. The molecule has 0 radical (unpaired) electrons. The fourth-order valence-electron chi connectivity index (χ4n) is 0.0847. The van der Waals surface area contributed by atoms with E-state index in [1.807, 2.05) is 0 Å². The lowest BCUT2D eigenvalue weighted by atomic mass is 11.2. The van der Waals surface area contributed by atoms with Gasteiger partial charge >= 0.3 is 8.25 Å². The Morgan fingerprint density at radius 3 is 2.43 bits per heavy atom. The maximum Gasteiger partial charge on any atom is 0.747 e. The summed E-state index contributed by atoms with van der Waals surface area (Å²) < 4.78 is 13.7. The van der Waals surface area contributed by atoms with Gasteiger partial charge in [0.05, 0.1) is 0 Å². The fourth-order valence-corrected chi connectivity index (χ4v) is 0.626. The second-order valence-electron chi connectivity index (χ2n) is 0.684. The summed E-state index contributed by atoms with van der Waals surface area (Å²) in [6.45, 7) is 3.15. The second kappa shape index (κ2) is 3.13. The molecule has 0 bridgehead atoms. The molecule has 7 heavy (non-hydrogen) atoms. The predicted molar refractivity (Wildman–Crippen MR) is 29.0 cm³/mol. The molecule has 0 aromatic carbocycles. The molecule has 0 aliphatic rings. The zero-order valence-corrected chi connectivity index (χ0v) is 5.78. The molecule has 40 valence electrons. The van der Waals surface area contributed by atoms with E-state index in [9.17, 15) is 4.57 Å². The zero-order valence-electron chi connectivity index (χ0n) is 3.30. The highest BCUT2D eigenvalue weighted by Crippen LogP contribution is 2.22. The van der Waals surface area contributed by atoms with Gasteiger partial charge in [-0.3, -0.25) is 0 Å². The van der Waals surface area contributed by atoms with Crippen molar-refractivity contribution in [2.75, 3.05) is 0 Å². The van der Waals surface area contributed by atoms with Gasteiger partial charge in [-0.1, -0.05) is 0 Å².